The van der Waals surface area contributed by atoms with Crippen LogP contribution in [0.5, 0.6) is 0 Å². The van der Waals surface area contributed by atoms with Crippen molar-refractivity contribution in [2.75, 3.05) is 13.1 Å². The summed E-state index contributed by atoms with van der Waals surface area (Å²) in [6.07, 6.45) is 5.82. The van der Waals surface area contributed by atoms with Crippen molar-refractivity contribution in [3.63, 3.8) is 0 Å². The van der Waals surface area contributed by atoms with E-state index in [1.54, 1.807) is 28.7 Å². The van der Waals surface area contributed by atoms with E-state index in [9.17, 15) is 4.79 Å². The van der Waals surface area contributed by atoms with Crippen molar-refractivity contribution >= 4 is 44.9 Å². The summed E-state index contributed by atoms with van der Waals surface area (Å²) < 4.78 is 1.23. The summed E-state index contributed by atoms with van der Waals surface area (Å²) in [6.45, 7) is 3.69. The maximum Gasteiger partial charge on any atom is 0.246 e. The lowest BCUT2D eigenvalue weighted by atomic mass is 9.98. The zero-order chi connectivity index (χ0) is 17.2. The number of fused-ring (bicyclic) bond motifs is 1. The van der Waals surface area contributed by atoms with Crippen LogP contribution in [0.3, 0.4) is 0 Å². The number of aryl methyl sites for hydroxylation is 1. The summed E-state index contributed by atoms with van der Waals surface area (Å²) in [5.41, 5.74) is 2.29. The SMILES string of the molecule is Cc1ccsc1/C=C/C(=O)N1CCC[C@@H](c2nc3ccccc3s2)C1. The summed E-state index contributed by atoms with van der Waals surface area (Å²) in [7, 11) is 0. The molecular formula is C20H20N2OS2. The average molecular weight is 369 g/mol. The molecule has 0 unspecified atom stereocenters. The lowest BCUT2D eigenvalue weighted by Gasteiger charge is -2.31. The Morgan fingerprint density at radius 2 is 2.20 bits per heavy atom. The van der Waals surface area contributed by atoms with Gasteiger partial charge in [-0.3, -0.25) is 4.79 Å². The number of thiazole rings is 1. The Bertz CT molecular complexity index is 892. The number of nitrogens with zero attached hydrogens (tertiary/aromatic N) is 2. The molecule has 0 radical (unpaired) electrons. The highest BCUT2D eigenvalue weighted by Crippen LogP contribution is 2.33. The maximum absolute atomic E-state index is 12.6. The molecule has 0 bridgehead atoms. The second-order valence-corrected chi connectivity index (χ2v) is 8.45. The highest BCUT2D eigenvalue weighted by atomic mass is 32.1. The molecule has 1 aliphatic rings. The number of hydrogen-bond acceptors (Lipinski definition) is 4. The van der Waals surface area contributed by atoms with Gasteiger partial charge < -0.3 is 4.90 Å². The smallest absolute Gasteiger partial charge is 0.246 e. The number of benzene rings is 1. The molecule has 1 fully saturated rings. The first-order valence-corrected chi connectivity index (χ1v) is 10.3. The quantitative estimate of drug-likeness (QED) is 0.604. The predicted molar refractivity (Wildman–Crippen MR) is 106 cm³/mol. The maximum atomic E-state index is 12.6. The van der Waals surface area contributed by atoms with E-state index in [1.807, 2.05) is 17.0 Å². The van der Waals surface area contributed by atoms with E-state index in [2.05, 4.69) is 36.6 Å². The lowest BCUT2D eigenvalue weighted by Crippen LogP contribution is -2.38. The van der Waals surface area contributed by atoms with Crippen molar-refractivity contribution in [3.8, 4) is 0 Å². The fourth-order valence-electron chi connectivity index (χ4n) is 3.25. The lowest BCUT2D eigenvalue weighted by molar-refractivity contribution is -0.127. The van der Waals surface area contributed by atoms with Gasteiger partial charge in [0.2, 0.25) is 5.91 Å². The van der Waals surface area contributed by atoms with Gasteiger partial charge in [-0.25, -0.2) is 4.98 Å². The first kappa shape index (κ1) is 16.5. The molecule has 3 heterocycles. The Hall–Kier alpha value is -1.98. The van der Waals surface area contributed by atoms with Gasteiger partial charge in [0.1, 0.15) is 0 Å². The van der Waals surface area contributed by atoms with Gasteiger partial charge in [-0.15, -0.1) is 22.7 Å². The number of amides is 1. The van der Waals surface area contributed by atoms with Crippen LogP contribution in [0.15, 0.2) is 41.8 Å². The standard InChI is InChI=1S/C20H20N2OS2/c1-14-10-12-24-17(14)8-9-19(23)22-11-4-5-15(13-22)20-21-16-6-2-3-7-18(16)25-20/h2-3,6-10,12,15H,4-5,11,13H2,1H3/b9-8+/t15-/m1/s1. The number of aromatic nitrogens is 1. The molecule has 1 saturated heterocycles. The second-order valence-electron chi connectivity index (χ2n) is 6.44. The highest BCUT2D eigenvalue weighted by molar-refractivity contribution is 7.18. The van der Waals surface area contributed by atoms with E-state index in [-0.39, 0.29) is 5.91 Å². The van der Waals surface area contributed by atoms with Crippen molar-refractivity contribution in [1.29, 1.82) is 0 Å². The molecule has 1 atom stereocenters. The molecule has 3 nitrogen and oxygen atoms in total. The van der Waals surface area contributed by atoms with E-state index in [0.717, 1.165) is 41.3 Å². The van der Waals surface area contributed by atoms with E-state index in [1.165, 1.54) is 10.3 Å². The van der Waals surface area contributed by atoms with Crippen molar-refractivity contribution in [1.82, 2.24) is 9.88 Å². The van der Waals surface area contributed by atoms with Crippen molar-refractivity contribution in [2.24, 2.45) is 0 Å². The van der Waals surface area contributed by atoms with Crippen molar-refractivity contribution in [2.45, 2.75) is 25.7 Å². The van der Waals surface area contributed by atoms with Crippen LogP contribution in [0.4, 0.5) is 0 Å². The Labute approximate surface area is 155 Å². The molecular weight excluding hydrogens is 348 g/mol. The van der Waals surface area contributed by atoms with Gasteiger partial charge in [-0.05, 0) is 55.0 Å². The van der Waals surface area contributed by atoms with E-state index >= 15 is 0 Å². The average Bonchev–Trinajstić information content (AvgIpc) is 3.25. The third-order valence-electron chi connectivity index (χ3n) is 4.67. The van der Waals surface area contributed by atoms with Crippen LogP contribution in [0, 0.1) is 6.92 Å². The monoisotopic (exact) mass is 368 g/mol. The van der Waals surface area contributed by atoms with Gasteiger partial charge in [-0.2, -0.15) is 0 Å². The third-order valence-corrected chi connectivity index (χ3v) is 6.85. The molecule has 0 saturated carbocycles. The minimum absolute atomic E-state index is 0.110. The van der Waals surface area contributed by atoms with E-state index in [4.69, 9.17) is 4.98 Å². The normalized spacial score (nSPS) is 18.3. The molecule has 1 amide bonds. The van der Waals surface area contributed by atoms with Gasteiger partial charge in [0.05, 0.1) is 15.2 Å². The minimum atomic E-state index is 0.110. The summed E-state index contributed by atoms with van der Waals surface area (Å²) in [6, 6.07) is 10.3. The van der Waals surface area contributed by atoms with Crippen LogP contribution < -0.4 is 0 Å². The fourth-order valence-corrected chi connectivity index (χ4v) is 5.16. The highest BCUT2D eigenvalue weighted by Gasteiger charge is 2.26. The number of piperidine rings is 1. The van der Waals surface area contributed by atoms with Crippen LogP contribution in [0.1, 0.15) is 34.2 Å². The number of para-hydroxylation sites is 1. The Morgan fingerprint density at radius 1 is 1.32 bits per heavy atom. The number of hydrogen-bond donors (Lipinski definition) is 0. The van der Waals surface area contributed by atoms with Crippen LogP contribution in [-0.2, 0) is 4.79 Å². The number of thiophene rings is 1. The fraction of sp³-hybridized carbons (Fsp3) is 0.300. The molecule has 0 spiro atoms. The first-order chi connectivity index (χ1) is 12.2. The zero-order valence-corrected chi connectivity index (χ0v) is 15.8. The zero-order valence-electron chi connectivity index (χ0n) is 14.1. The Balaban J connectivity index is 1.47. The molecule has 1 aromatic carbocycles. The van der Waals surface area contributed by atoms with Crippen LogP contribution in [0.2, 0.25) is 0 Å². The summed E-state index contributed by atoms with van der Waals surface area (Å²) in [5, 5.41) is 3.22. The second kappa shape index (κ2) is 7.10. The third kappa shape index (κ3) is 3.53. The molecule has 25 heavy (non-hydrogen) atoms. The largest absolute Gasteiger partial charge is 0.338 e. The molecule has 1 aliphatic heterocycles. The summed E-state index contributed by atoms with van der Waals surface area (Å²) >= 11 is 3.44. The van der Waals surface area contributed by atoms with Crippen molar-refractivity contribution in [3.05, 3.63) is 57.2 Å². The van der Waals surface area contributed by atoms with E-state index < -0.39 is 0 Å². The van der Waals surface area contributed by atoms with Gasteiger partial charge in [0.15, 0.2) is 0 Å². The van der Waals surface area contributed by atoms with Gasteiger partial charge in [0, 0.05) is 30.0 Å². The number of rotatable bonds is 3. The van der Waals surface area contributed by atoms with Crippen molar-refractivity contribution < 1.29 is 4.79 Å². The van der Waals surface area contributed by atoms with Gasteiger partial charge in [-0.1, -0.05) is 12.1 Å². The molecule has 5 heteroatoms. The molecule has 3 aromatic rings. The van der Waals surface area contributed by atoms with Crippen LogP contribution >= 0.6 is 22.7 Å². The number of likely N-dealkylation sites (tertiary alicyclic amines) is 1. The Morgan fingerprint density at radius 3 is 3.00 bits per heavy atom. The first-order valence-electron chi connectivity index (χ1n) is 8.57. The van der Waals surface area contributed by atoms with Gasteiger partial charge in [0.25, 0.3) is 0 Å². The van der Waals surface area contributed by atoms with Crippen LogP contribution in [0.25, 0.3) is 16.3 Å². The summed E-state index contributed by atoms with van der Waals surface area (Å²) in [5.74, 6) is 0.464. The Kier molecular flexibility index (Phi) is 4.68. The topological polar surface area (TPSA) is 33.2 Å². The van der Waals surface area contributed by atoms with E-state index in [0.29, 0.717) is 5.92 Å². The predicted octanol–water partition coefficient (Wildman–Crippen LogP) is 5.09. The molecule has 128 valence electrons. The molecule has 4 rings (SSSR count). The number of carbonyl (C=O) groups is 1. The molecule has 0 aliphatic carbocycles. The molecule has 2 aromatic heterocycles. The van der Waals surface area contributed by atoms with Crippen LogP contribution in [-0.4, -0.2) is 28.9 Å². The summed E-state index contributed by atoms with van der Waals surface area (Å²) in [4.78, 5) is 20.5. The minimum Gasteiger partial charge on any atom is -0.338 e. The molecule has 0 N–H and O–H groups in total. The number of carbonyl (C=O) groups excluding carboxylic acids is 1. The van der Waals surface area contributed by atoms with Gasteiger partial charge >= 0.3 is 0 Å².